The minimum Gasteiger partial charge on any atom is -0.462 e. The fraction of sp³-hybridized carbons (Fsp3) is 0.200. The number of Topliss-reactive ketones (excluding diaryl/α,β-unsaturated/α-hetero) is 1. The Hall–Kier alpha value is -2.59. The van der Waals surface area contributed by atoms with Crippen LogP contribution in [0, 0.1) is 0 Å². The zero-order valence-corrected chi connectivity index (χ0v) is 14.8. The molecule has 0 amide bonds. The van der Waals surface area contributed by atoms with Gasteiger partial charge in [-0.15, -0.1) is 0 Å². The summed E-state index contributed by atoms with van der Waals surface area (Å²) in [4.78, 5) is 24.6. The van der Waals surface area contributed by atoms with Crippen molar-refractivity contribution in [2.75, 3.05) is 18.5 Å². The molecule has 130 valence electrons. The number of esters is 1. The van der Waals surface area contributed by atoms with E-state index in [0.29, 0.717) is 11.6 Å². The molecular weight excluding hydrogens is 338 g/mol. The Morgan fingerprint density at radius 2 is 1.76 bits per heavy atom. The number of ether oxygens (including phenoxy) is 1. The molecular formula is C20H20ClNO3. The Labute approximate surface area is 152 Å². The number of carbonyl (C=O) groups is 2. The van der Waals surface area contributed by atoms with Crippen LogP contribution >= 0.6 is 11.6 Å². The maximum absolute atomic E-state index is 12.5. The normalized spacial score (nSPS) is 11.0. The third kappa shape index (κ3) is 6.08. The molecule has 0 heterocycles. The van der Waals surface area contributed by atoms with Crippen LogP contribution in [0.1, 0.15) is 12.5 Å². The zero-order chi connectivity index (χ0) is 18.1. The number of nitrogens with one attached hydrogen (secondary N) is 1. The minimum absolute atomic E-state index is 0.0558. The molecule has 0 radical (unpaired) electrons. The summed E-state index contributed by atoms with van der Waals surface area (Å²) in [6, 6.07) is 16.5. The van der Waals surface area contributed by atoms with Crippen molar-refractivity contribution in [1.82, 2.24) is 0 Å². The molecule has 0 bridgehead atoms. The molecule has 0 aliphatic heterocycles. The monoisotopic (exact) mass is 357 g/mol. The smallest absolute Gasteiger partial charge is 0.341 e. The first-order chi connectivity index (χ1) is 12.1. The van der Waals surface area contributed by atoms with Crippen molar-refractivity contribution in [2.24, 2.45) is 0 Å². The van der Waals surface area contributed by atoms with Crippen molar-refractivity contribution in [3.8, 4) is 0 Å². The van der Waals surface area contributed by atoms with Gasteiger partial charge in [-0.1, -0.05) is 41.9 Å². The summed E-state index contributed by atoms with van der Waals surface area (Å²) in [6.07, 6.45) is 1.69. The summed E-state index contributed by atoms with van der Waals surface area (Å²) >= 11 is 5.85. The molecule has 0 spiro atoms. The number of rotatable bonds is 8. The van der Waals surface area contributed by atoms with Gasteiger partial charge in [0, 0.05) is 23.7 Å². The highest BCUT2D eigenvalue weighted by molar-refractivity contribution is 6.30. The second-order valence-corrected chi connectivity index (χ2v) is 5.75. The maximum atomic E-state index is 12.5. The van der Waals surface area contributed by atoms with E-state index in [0.717, 1.165) is 11.3 Å². The Morgan fingerprint density at radius 3 is 2.40 bits per heavy atom. The van der Waals surface area contributed by atoms with Crippen molar-refractivity contribution >= 4 is 29.0 Å². The molecule has 0 aliphatic rings. The van der Waals surface area contributed by atoms with Gasteiger partial charge in [-0.2, -0.15) is 0 Å². The van der Waals surface area contributed by atoms with Crippen LogP contribution in [0.25, 0.3) is 0 Å². The van der Waals surface area contributed by atoms with Gasteiger partial charge in [-0.25, -0.2) is 4.79 Å². The van der Waals surface area contributed by atoms with Gasteiger partial charge in [-0.3, -0.25) is 4.79 Å². The molecule has 0 saturated heterocycles. The van der Waals surface area contributed by atoms with E-state index in [4.69, 9.17) is 16.3 Å². The second-order valence-electron chi connectivity index (χ2n) is 5.31. The Morgan fingerprint density at radius 1 is 1.08 bits per heavy atom. The first kappa shape index (κ1) is 18.7. The summed E-state index contributed by atoms with van der Waals surface area (Å²) in [5.74, 6) is -0.882. The lowest BCUT2D eigenvalue weighted by molar-refractivity contribution is -0.140. The van der Waals surface area contributed by atoms with Crippen LogP contribution in [0.15, 0.2) is 66.2 Å². The second kappa shape index (κ2) is 9.64. The number of hydrogen-bond acceptors (Lipinski definition) is 4. The Bertz CT molecular complexity index is 739. The van der Waals surface area contributed by atoms with Crippen molar-refractivity contribution < 1.29 is 14.3 Å². The van der Waals surface area contributed by atoms with Crippen molar-refractivity contribution in [1.29, 1.82) is 0 Å². The highest BCUT2D eigenvalue weighted by Gasteiger charge is 2.19. The van der Waals surface area contributed by atoms with Gasteiger partial charge in [0.15, 0.2) is 5.78 Å². The van der Waals surface area contributed by atoms with E-state index < -0.39 is 5.97 Å². The molecule has 0 aliphatic carbocycles. The van der Waals surface area contributed by atoms with Crippen LogP contribution in [0.2, 0.25) is 5.02 Å². The molecule has 2 aromatic carbocycles. The van der Waals surface area contributed by atoms with E-state index in [-0.39, 0.29) is 24.4 Å². The van der Waals surface area contributed by atoms with Crippen LogP contribution in [0.5, 0.6) is 0 Å². The summed E-state index contributed by atoms with van der Waals surface area (Å²) in [5.41, 5.74) is 1.76. The number of anilines is 1. The maximum Gasteiger partial charge on any atom is 0.341 e. The van der Waals surface area contributed by atoms with E-state index in [1.165, 1.54) is 0 Å². The average molecular weight is 358 g/mol. The largest absolute Gasteiger partial charge is 0.462 e. The topological polar surface area (TPSA) is 55.4 Å². The lowest BCUT2D eigenvalue weighted by atomic mass is 10.0. The summed E-state index contributed by atoms with van der Waals surface area (Å²) in [6.45, 7) is 2.28. The van der Waals surface area contributed by atoms with Gasteiger partial charge in [0.25, 0.3) is 0 Å². The third-order valence-electron chi connectivity index (χ3n) is 3.46. The van der Waals surface area contributed by atoms with Crippen LogP contribution < -0.4 is 5.32 Å². The van der Waals surface area contributed by atoms with E-state index in [1.807, 2.05) is 30.3 Å². The Balaban J connectivity index is 2.08. The summed E-state index contributed by atoms with van der Waals surface area (Å²) < 4.78 is 5.01. The number of carbonyl (C=O) groups excluding carboxylic acids is 2. The molecule has 0 saturated carbocycles. The Kier molecular flexibility index (Phi) is 7.23. The molecule has 25 heavy (non-hydrogen) atoms. The van der Waals surface area contributed by atoms with Crippen LogP contribution in [0.3, 0.4) is 0 Å². The van der Waals surface area contributed by atoms with Gasteiger partial charge >= 0.3 is 5.97 Å². The fourth-order valence-corrected chi connectivity index (χ4v) is 2.36. The number of benzene rings is 2. The van der Waals surface area contributed by atoms with Gasteiger partial charge in [0.2, 0.25) is 0 Å². The van der Waals surface area contributed by atoms with Crippen LogP contribution in [-0.2, 0) is 20.7 Å². The van der Waals surface area contributed by atoms with E-state index in [2.05, 4.69) is 5.32 Å². The molecule has 4 nitrogen and oxygen atoms in total. The number of ketones is 1. The standard InChI is InChI=1S/C20H20ClNO3/c1-2-25-20(24)18(12-13-22-17-6-4-3-5-7-17)19(23)14-15-8-10-16(21)11-9-15/h3-12,22H,2,13-14H2,1H3. The first-order valence-electron chi connectivity index (χ1n) is 8.04. The molecule has 0 fully saturated rings. The number of hydrogen-bond donors (Lipinski definition) is 1. The molecule has 0 aromatic heterocycles. The van der Waals surface area contributed by atoms with Crippen molar-refractivity contribution in [3.05, 3.63) is 76.8 Å². The van der Waals surface area contributed by atoms with Gasteiger partial charge in [-0.05, 0) is 42.8 Å². The van der Waals surface area contributed by atoms with Crippen LogP contribution in [-0.4, -0.2) is 24.9 Å². The summed E-state index contributed by atoms with van der Waals surface area (Å²) in [7, 11) is 0. The predicted octanol–water partition coefficient (Wildman–Crippen LogP) is 4.05. The lowest BCUT2D eigenvalue weighted by Gasteiger charge is -2.08. The number of para-hydroxylation sites is 1. The molecule has 0 atom stereocenters. The van der Waals surface area contributed by atoms with Gasteiger partial charge in [0.05, 0.1) is 6.61 Å². The highest BCUT2D eigenvalue weighted by Crippen LogP contribution is 2.13. The van der Waals surface area contributed by atoms with Crippen molar-refractivity contribution in [2.45, 2.75) is 13.3 Å². The minimum atomic E-state index is -0.601. The van der Waals surface area contributed by atoms with Gasteiger partial charge < -0.3 is 10.1 Å². The van der Waals surface area contributed by atoms with E-state index in [1.54, 1.807) is 37.3 Å². The highest BCUT2D eigenvalue weighted by atomic mass is 35.5. The fourth-order valence-electron chi connectivity index (χ4n) is 2.23. The molecule has 2 aromatic rings. The van der Waals surface area contributed by atoms with Crippen molar-refractivity contribution in [3.63, 3.8) is 0 Å². The average Bonchev–Trinajstić information content (AvgIpc) is 2.61. The molecule has 1 N–H and O–H groups in total. The van der Waals surface area contributed by atoms with E-state index >= 15 is 0 Å². The number of halogens is 1. The zero-order valence-electron chi connectivity index (χ0n) is 14.0. The summed E-state index contributed by atoms with van der Waals surface area (Å²) in [5, 5.41) is 3.75. The van der Waals surface area contributed by atoms with E-state index in [9.17, 15) is 9.59 Å². The predicted molar refractivity (Wildman–Crippen MR) is 99.8 cm³/mol. The van der Waals surface area contributed by atoms with Gasteiger partial charge in [0.1, 0.15) is 5.57 Å². The molecule has 5 heteroatoms. The quantitative estimate of drug-likeness (QED) is 0.335. The molecule has 2 rings (SSSR count). The lowest BCUT2D eigenvalue weighted by Crippen LogP contribution is -2.19. The van der Waals surface area contributed by atoms with Crippen LogP contribution in [0.4, 0.5) is 5.69 Å². The molecule has 0 unspecified atom stereocenters. The third-order valence-corrected chi connectivity index (χ3v) is 3.71. The first-order valence-corrected chi connectivity index (χ1v) is 8.41. The SMILES string of the molecule is CCOC(=O)C(=CCNc1ccccc1)C(=O)Cc1ccc(Cl)cc1.